The fourth-order valence-electron chi connectivity index (χ4n) is 6.41. The van der Waals surface area contributed by atoms with Crippen LogP contribution in [0, 0.1) is 22.7 Å². The fourth-order valence-corrected chi connectivity index (χ4v) is 6.41. The number of ether oxygens (including phenoxy) is 3. The molecule has 3 aliphatic rings. The highest BCUT2D eigenvalue weighted by Gasteiger charge is 2.68. The van der Waals surface area contributed by atoms with E-state index < -0.39 is 0 Å². The number of rotatable bonds is 6. The van der Waals surface area contributed by atoms with Crippen LogP contribution in [0.15, 0.2) is 18.2 Å². The number of nitrogens with one attached hydrogen (secondary N) is 1. The summed E-state index contributed by atoms with van der Waals surface area (Å²) >= 11 is 0. The number of carbonyl (C=O) groups excluding carboxylic acids is 1. The number of hydrogen-bond donors (Lipinski definition) is 2. The van der Waals surface area contributed by atoms with Crippen molar-refractivity contribution in [3.63, 3.8) is 0 Å². The van der Waals surface area contributed by atoms with Crippen molar-refractivity contribution in [1.29, 1.82) is 0 Å². The van der Waals surface area contributed by atoms with Crippen LogP contribution in [0.5, 0.6) is 11.5 Å². The molecule has 2 aliphatic carbocycles. The second kappa shape index (κ2) is 7.47. The highest BCUT2D eigenvalue weighted by molar-refractivity contribution is 5.76. The molecule has 1 saturated heterocycles. The molecule has 1 spiro atoms. The van der Waals surface area contributed by atoms with Gasteiger partial charge in [0.1, 0.15) is 11.5 Å². The predicted molar refractivity (Wildman–Crippen MR) is 109 cm³/mol. The van der Waals surface area contributed by atoms with Crippen molar-refractivity contribution in [2.75, 3.05) is 27.4 Å². The Morgan fingerprint density at radius 1 is 1.34 bits per heavy atom. The van der Waals surface area contributed by atoms with E-state index in [1.165, 1.54) is 0 Å². The first-order chi connectivity index (χ1) is 13.8. The third kappa shape index (κ3) is 3.21. The summed E-state index contributed by atoms with van der Waals surface area (Å²) in [6.45, 7) is 5.64. The van der Waals surface area contributed by atoms with E-state index in [1.54, 1.807) is 26.4 Å². The minimum Gasteiger partial charge on any atom is -0.508 e. The van der Waals surface area contributed by atoms with Gasteiger partial charge < -0.3 is 24.6 Å². The van der Waals surface area contributed by atoms with Gasteiger partial charge in [0.2, 0.25) is 5.91 Å². The molecule has 2 bridgehead atoms. The van der Waals surface area contributed by atoms with Gasteiger partial charge >= 0.3 is 0 Å². The van der Waals surface area contributed by atoms with E-state index in [2.05, 4.69) is 19.2 Å². The highest BCUT2D eigenvalue weighted by atomic mass is 16.5. The predicted octanol–water partition coefficient (Wildman–Crippen LogP) is 3.44. The molecule has 1 heterocycles. The first-order valence-electron chi connectivity index (χ1n) is 10.6. The Morgan fingerprint density at radius 2 is 2.14 bits per heavy atom. The van der Waals surface area contributed by atoms with Crippen LogP contribution in [0.2, 0.25) is 0 Å². The molecule has 2 saturated carbocycles. The molecular weight excluding hydrogens is 370 g/mol. The Bertz CT molecular complexity index is 779. The van der Waals surface area contributed by atoms with Gasteiger partial charge in [0.25, 0.3) is 0 Å². The van der Waals surface area contributed by atoms with Crippen molar-refractivity contribution in [3.05, 3.63) is 23.8 Å². The van der Waals surface area contributed by atoms with Crippen molar-refractivity contribution < 1.29 is 24.1 Å². The first kappa shape index (κ1) is 20.5. The zero-order valence-corrected chi connectivity index (χ0v) is 17.9. The maximum Gasteiger partial charge on any atom is 0.222 e. The van der Waals surface area contributed by atoms with E-state index in [0.29, 0.717) is 31.3 Å². The molecule has 0 radical (unpaired) electrons. The summed E-state index contributed by atoms with van der Waals surface area (Å²) in [7, 11) is 3.25. The van der Waals surface area contributed by atoms with Crippen molar-refractivity contribution >= 4 is 5.91 Å². The normalized spacial score (nSPS) is 34.6. The van der Waals surface area contributed by atoms with E-state index in [4.69, 9.17) is 14.2 Å². The summed E-state index contributed by atoms with van der Waals surface area (Å²) in [6.07, 6.45) is 3.29. The van der Waals surface area contributed by atoms with Crippen LogP contribution in [0.4, 0.5) is 0 Å². The van der Waals surface area contributed by atoms with E-state index in [0.717, 1.165) is 24.8 Å². The molecule has 1 aromatic carbocycles. The monoisotopic (exact) mass is 403 g/mol. The van der Waals surface area contributed by atoms with Gasteiger partial charge in [0.05, 0.1) is 19.8 Å². The van der Waals surface area contributed by atoms with Gasteiger partial charge in [0, 0.05) is 31.7 Å². The third-order valence-corrected chi connectivity index (χ3v) is 7.88. The maximum atomic E-state index is 12.6. The largest absolute Gasteiger partial charge is 0.508 e. The molecule has 0 aromatic heterocycles. The summed E-state index contributed by atoms with van der Waals surface area (Å²) in [4.78, 5) is 12.6. The highest BCUT2D eigenvalue weighted by Crippen LogP contribution is 2.70. The van der Waals surface area contributed by atoms with Crippen molar-refractivity contribution in [2.24, 2.45) is 22.7 Å². The van der Waals surface area contributed by atoms with Crippen molar-refractivity contribution in [2.45, 2.75) is 51.7 Å². The van der Waals surface area contributed by atoms with Gasteiger partial charge in [-0.15, -0.1) is 0 Å². The van der Waals surface area contributed by atoms with Crippen molar-refractivity contribution in [3.8, 4) is 11.5 Å². The summed E-state index contributed by atoms with van der Waals surface area (Å²) in [6, 6.07) is 5.44. The maximum absolute atomic E-state index is 12.6. The summed E-state index contributed by atoms with van der Waals surface area (Å²) in [5.41, 5.74) is 0.829. The molecular formula is C23H33NO5. The molecule has 1 amide bonds. The number of fused-ring (bicyclic) bond motifs is 1. The second-order valence-electron chi connectivity index (χ2n) is 9.51. The van der Waals surface area contributed by atoms with Crippen LogP contribution in [-0.4, -0.2) is 44.5 Å². The zero-order chi connectivity index (χ0) is 20.8. The molecule has 1 aliphatic heterocycles. The smallest absolute Gasteiger partial charge is 0.222 e. The number of phenolic OH excluding ortho intramolecular Hbond substituents is 1. The average molecular weight is 404 g/mol. The zero-order valence-electron chi connectivity index (χ0n) is 17.9. The van der Waals surface area contributed by atoms with Crippen LogP contribution in [0.25, 0.3) is 0 Å². The van der Waals surface area contributed by atoms with Gasteiger partial charge in [-0.3, -0.25) is 4.79 Å². The SMILES string of the molecule is COCCC(=O)N[C@H]1C(C)(C)[C@@H]2C[C@@H]3[C@@H](c4cc(OC)ccc4O)OCCC31C2. The number of amides is 1. The standard InChI is InChI=1S/C23H33NO5/c1-22(2)14-11-17-20(16-12-15(28-4)5-6-18(16)25)29-10-8-23(17,13-14)21(22)24-19(26)7-9-27-3/h5-6,12,14,17,20-21,25H,7-11,13H2,1-4H3,(H,24,26)/t14-,17-,20-,21+,23?/m1/s1. The first-order valence-corrected chi connectivity index (χ1v) is 10.6. The van der Waals surface area contributed by atoms with E-state index in [9.17, 15) is 9.90 Å². The quantitative estimate of drug-likeness (QED) is 0.761. The van der Waals surface area contributed by atoms with E-state index in [-0.39, 0.29) is 40.6 Å². The lowest BCUT2D eigenvalue weighted by molar-refractivity contribution is -0.138. The van der Waals surface area contributed by atoms with Crippen LogP contribution < -0.4 is 10.1 Å². The Hall–Kier alpha value is -1.79. The molecule has 6 heteroatoms. The Labute approximate surface area is 172 Å². The lowest BCUT2D eigenvalue weighted by Crippen LogP contribution is -2.59. The number of benzene rings is 1. The molecule has 6 nitrogen and oxygen atoms in total. The number of methoxy groups -OCH3 is 2. The number of carbonyl (C=O) groups is 1. The number of hydrogen-bond acceptors (Lipinski definition) is 5. The molecule has 4 rings (SSSR count). The van der Waals surface area contributed by atoms with Crippen LogP contribution in [0.1, 0.15) is 51.2 Å². The Balaban J connectivity index is 1.66. The number of aromatic hydroxyl groups is 1. The van der Waals surface area contributed by atoms with Crippen LogP contribution in [-0.2, 0) is 14.3 Å². The van der Waals surface area contributed by atoms with Crippen LogP contribution in [0.3, 0.4) is 0 Å². The number of phenols is 1. The molecule has 1 unspecified atom stereocenters. The second-order valence-corrected chi connectivity index (χ2v) is 9.51. The van der Waals surface area contributed by atoms with Gasteiger partial charge in [-0.1, -0.05) is 13.8 Å². The molecule has 160 valence electrons. The lowest BCUT2D eigenvalue weighted by Gasteiger charge is -2.53. The topological polar surface area (TPSA) is 77.0 Å². The minimum absolute atomic E-state index is 0.00463. The van der Waals surface area contributed by atoms with Gasteiger partial charge in [-0.2, -0.15) is 0 Å². The third-order valence-electron chi connectivity index (χ3n) is 7.88. The van der Waals surface area contributed by atoms with Gasteiger partial charge in [0.15, 0.2) is 0 Å². The fraction of sp³-hybridized carbons (Fsp3) is 0.696. The lowest BCUT2D eigenvalue weighted by atomic mass is 9.58. The summed E-state index contributed by atoms with van der Waals surface area (Å²) < 4.78 is 16.7. The molecule has 2 N–H and O–H groups in total. The minimum atomic E-state index is -0.182. The summed E-state index contributed by atoms with van der Waals surface area (Å²) in [5, 5.41) is 13.9. The van der Waals surface area contributed by atoms with E-state index in [1.807, 2.05) is 6.07 Å². The van der Waals surface area contributed by atoms with Gasteiger partial charge in [-0.25, -0.2) is 0 Å². The van der Waals surface area contributed by atoms with Crippen LogP contribution >= 0.6 is 0 Å². The molecule has 3 fully saturated rings. The summed E-state index contributed by atoms with van der Waals surface area (Å²) in [5.74, 6) is 1.81. The van der Waals surface area contributed by atoms with Gasteiger partial charge in [-0.05, 0) is 60.1 Å². The molecule has 1 aromatic rings. The van der Waals surface area contributed by atoms with E-state index >= 15 is 0 Å². The molecule has 5 atom stereocenters. The Morgan fingerprint density at radius 3 is 2.86 bits per heavy atom. The average Bonchev–Trinajstić information content (AvgIpc) is 3.19. The van der Waals surface area contributed by atoms with Crippen molar-refractivity contribution in [1.82, 2.24) is 5.32 Å². The molecule has 29 heavy (non-hydrogen) atoms. The Kier molecular flexibility index (Phi) is 5.28.